The van der Waals surface area contributed by atoms with Crippen LogP contribution in [0.1, 0.15) is 24.5 Å². The molecule has 1 heterocycles. The molecular weight excluding hydrogens is 308 g/mol. The summed E-state index contributed by atoms with van der Waals surface area (Å²) in [4.78, 5) is 13.0. The molecule has 1 unspecified atom stereocenters. The van der Waals surface area contributed by atoms with Gasteiger partial charge in [-0.1, -0.05) is 11.6 Å². The van der Waals surface area contributed by atoms with E-state index in [1.807, 2.05) is 38.3 Å². The Morgan fingerprint density at radius 1 is 1.33 bits per heavy atom. The van der Waals surface area contributed by atoms with Gasteiger partial charge in [0.2, 0.25) is 0 Å². The Bertz CT molecular complexity index is 642. The van der Waals surface area contributed by atoms with Gasteiger partial charge in [-0.15, -0.1) is 11.8 Å². The maximum Gasteiger partial charge on any atom is 0.319 e. The predicted octanol–water partition coefficient (Wildman–Crippen LogP) is 4.85. The molecule has 0 aliphatic carbocycles. The van der Waals surface area contributed by atoms with Crippen LogP contribution in [0.15, 0.2) is 39.6 Å². The average Bonchev–Trinajstić information content (AvgIpc) is 2.85. The highest BCUT2D eigenvalue weighted by molar-refractivity contribution is 7.98. The van der Waals surface area contributed by atoms with Crippen molar-refractivity contribution in [3.05, 3.63) is 46.9 Å². The molecule has 1 atom stereocenters. The summed E-state index contributed by atoms with van der Waals surface area (Å²) < 4.78 is 5.49. The highest BCUT2D eigenvalue weighted by Crippen LogP contribution is 2.28. The number of halogens is 1. The number of anilines is 1. The number of thioether (sulfide) groups is 1. The zero-order valence-corrected chi connectivity index (χ0v) is 13.6. The lowest BCUT2D eigenvalue weighted by molar-refractivity contribution is 0.247. The standard InChI is InChI=1S/C15H17ClN2O2S/c1-9-4-6-13(20-9)10(2)17-15(19)18-12-8-11(16)5-7-14(12)21-3/h4-8,10H,1-3H3,(H2,17,18,19). The van der Waals surface area contributed by atoms with Gasteiger partial charge in [0, 0.05) is 9.92 Å². The largest absolute Gasteiger partial charge is 0.464 e. The van der Waals surface area contributed by atoms with Crippen molar-refractivity contribution in [3.8, 4) is 0 Å². The molecule has 1 aromatic heterocycles. The first kappa shape index (κ1) is 15.8. The molecule has 0 fully saturated rings. The number of rotatable bonds is 4. The molecule has 2 aromatic rings. The molecule has 4 nitrogen and oxygen atoms in total. The number of benzene rings is 1. The van der Waals surface area contributed by atoms with Gasteiger partial charge in [0.25, 0.3) is 0 Å². The highest BCUT2D eigenvalue weighted by Gasteiger charge is 2.14. The van der Waals surface area contributed by atoms with E-state index in [0.29, 0.717) is 10.7 Å². The molecular formula is C15H17ClN2O2S. The van der Waals surface area contributed by atoms with Crippen LogP contribution in [0.4, 0.5) is 10.5 Å². The normalized spacial score (nSPS) is 12.0. The fraction of sp³-hybridized carbons (Fsp3) is 0.267. The van der Waals surface area contributed by atoms with Gasteiger partial charge >= 0.3 is 6.03 Å². The van der Waals surface area contributed by atoms with Crippen LogP contribution in [-0.4, -0.2) is 12.3 Å². The molecule has 0 spiro atoms. The van der Waals surface area contributed by atoms with E-state index < -0.39 is 0 Å². The molecule has 2 N–H and O–H groups in total. The third-order valence-corrected chi connectivity index (χ3v) is 3.98. The van der Waals surface area contributed by atoms with Gasteiger partial charge in [0.15, 0.2) is 0 Å². The summed E-state index contributed by atoms with van der Waals surface area (Å²) in [5.74, 6) is 1.54. The topological polar surface area (TPSA) is 54.3 Å². The lowest BCUT2D eigenvalue weighted by Crippen LogP contribution is -2.31. The van der Waals surface area contributed by atoms with Crippen molar-refractivity contribution in [1.82, 2.24) is 5.32 Å². The minimum atomic E-state index is -0.297. The Hall–Kier alpha value is -1.59. The molecule has 2 amide bonds. The minimum Gasteiger partial charge on any atom is -0.464 e. The lowest BCUT2D eigenvalue weighted by atomic mass is 10.2. The van der Waals surface area contributed by atoms with Crippen molar-refractivity contribution in [1.29, 1.82) is 0 Å². The van der Waals surface area contributed by atoms with Crippen molar-refractivity contribution < 1.29 is 9.21 Å². The van der Waals surface area contributed by atoms with E-state index in [9.17, 15) is 4.79 Å². The van der Waals surface area contributed by atoms with Crippen LogP contribution in [0.25, 0.3) is 0 Å². The zero-order valence-electron chi connectivity index (χ0n) is 12.1. The van der Waals surface area contributed by atoms with E-state index in [-0.39, 0.29) is 12.1 Å². The highest BCUT2D eigenvalue weighted by atomic mass is 35.5. The summed E-state index contributed by atoms with van der Waals surface area (Å²) in [6.07, 6.45) is 1.95. The van der Waals surface area contributed by atoms with E-state index in [2.05, 4.69) is 10.6 Å². The van der Waals surface area contributed by atoms with Crippen LogP contribution in [0, 0.1) is 6.92 Å². The van der Waals surface area contributed by atoms with E-state index in [1.165, 1.54) is 0 Å². The third kappa shape index (κ3) is 4.19. The van der Waals surface area contributed by atoms with Crippen molar-refractivity contribution in [2.45, 2.75) is 24.8 Å². The molecule has 2 rings (SSSR count). The fourth-order valence-electron chi connectivity index (χ4n) is 1.89. The van der Waals surface area contributed by atoms with Crippen molar-refractivity contribution in [2.24, 2.45) is 0 Å². The molecule has 112 valence electrons. The average molecular weight is 325 g/mol. The quantitative estimate of drug-likeness (QED) is 0.791. The van der Waals surface area contributed by atoms with Crippen LogP contribution in [-0.2, 0) is 0 Å². The Morgan fingerprint density at radius 2 is 2.10 bits per heavy atom. The molecule has 6 heteroatoms. The second-order valence-electron chi connectivity index (χ2n) is 4.61. The first-order valence-corrected chi connectivity index (χ1v) is 8.07. The maximum atomic E-state index is 12.1. The number of carbonyl (C=O) groups excluding carboxylic acids is 1. The Morgan fingerprint density at radius 3 is 2.71 bits per heavy atom. The minimum absolute atomic E-state index is 0.212. The lowest BCUT2D eigenvalue weighted by Gasteiger charge is -2.14. The maximum absolute atomic E-state index is 12.1. The number of urea groups is 1. The zero-order chi connectivity index (χ0) is 15.4. The van der Waals surface area contributed by atoms with Crippen LogP contribution in [0.2, 0.25) is 5.02 Å². The molecule has 0 saturated carbocycles. The number of carbonyl (C=O) groups is 1. The number of furan rings is 1. The number of hydrogen-bond acceptors (Lipinski definition) is 3. The van der Waals surface area contributed by atoms with Crippen molar-refractivity contribution >= 4 is 35.1 Å². The van der Waals surface area contributed by atoms with Gasteiger partial charge in [-0.2, -0.15) is 0 Å². The van der Waals surface area contributed by atoms with Gasteiger partial charge in [-0.3, -0.25) is 0 Å². The fourth-order valence-corrected chi connectivity index (χ4v) is 2.60. The molecule has 21 heavy (non-hydrogen) atoms. The monoisotopic (exact) mass is 324 g/mol. The first-order valence-electron chi connectivity index (χ1n) is 6.47. The molecule has 0 radical (unpaired) electrons. The Labute approximate surface area is 133 Å². The third-order valence-electron chi connectivity index (χ3n) is 2.95. The molecule has 0 saturated heterocycles. The smallest absolute Gasteiger partial charge is 0.319 e. The number of aryl methyl sites for hydroxylation is 1. The van der Waals surface area contributed by atoms with E-state index in [0.717, 1.165) is 16.4 Å². The van der Waals surface area contributed by atoms with Gasteiger partial charge in [0.05, 0.1) is 11.7 Å². The number of amides is 2. The predicted molar refractivity (Wildman–Crippen MR) is 87.2 cm³/mol. The molecule has 0 aliphatic heterocycles. The summed E-state index contributed by atoms with van der Waals surface area (Å²) in [6, 6.07) is 8.62. The summed E-state index contributed by atoms with van der Waals surface area (Å²) in [6.45, 7) is 3.73. The van der Waals surface area contributed by atoms with E-state index in [4.69, 9.17) is 16.0 Å². The van der Waals surface area contributed by atoms with Gasteiger partial charge < -0.3 is 15.1 Å². The van der Waals surface area contributed by atoms with Crippen LogP contribution in [0.3, 0.4) is 0 Å². The van der Waals surface area contributed by atoms with Gasteiger partial charge in [0.1, 0.15) is 11.5 Å². The van der Waals surface area contributed by atoms with Crippen molar-refractivity contribution in [2.75, 3.05) is 11.6 Å². The Balaban J connectivity index is 2.03. The van der Waals surface area contributed by atoms with Crippen LogP contribution >= 0.6 is 23.4 Å². The van der Waals surface area contributed by atoms with Gasteiger partial charge in [-0.25, -0.2) is 4.79 Å². The first-order chi connectivity index (χ1) is 9.99. The van der Waals surface area contributed by atoms with E-state index in [1.54, 1.807) is 23.9 Å². The second kappa shape index (κ2) is 6.91. The van der Waals surface area contributed by atoms with Gasteiger partial charge in [-0.05, 0) is 50.4 Å². The molecule has 1 aromatic carbocycles. The molecule has 0 aliphatic rings. The summed E-state index contributed by atoms with van der Waals surface area (Å²) in [7, 11) is 0. The van der Waals surface area contributed by atoms with Crippen LogP contribution in [0.5, 0.6) is 0 Å². The second-order valence-corrected chi connectivity index (χ2v) is 5.90. The summed E-state index contributed by atoms with van der Waals surface area (Å²) in [5.41, 5.74) is 0.690. The van der Waals surface area contributed by atoms with Crippen molar-refractivity contribution in [3.63, 3.8) is 0 Å². The molecule has 0 bridgehead atoms. The Kier molecular flexibility index (Phi) is 5.20. The van der Waals surface area contributed by atoms with E-state index >= 15 is 0 Å². The number of nitrogens with one attached hydrogen (secondary N) is 2. The summed E-state index contributed by atoms with van der Waals surface area (Å²) >= 11 is 7.51. The SMILES string of the molecule is CSc1ccc(Cl)cc1NC(=O)NC(C)c1ccc(C)o1. The summed E-state index contributed by atoms with van der Waals surface area (Å²) in [5, 5.41) is 6.23. The number of hydrogen-bond donors (Lipinski definition) is 2. The van der Waals surface area contributed by atoms with Crippen LogP contribution < -0.4 is 10.6 Å².